The summed E-state index contributed by atoms with van der Waals surface area (Å²) in [5, 5.41) is 0. The molecule has 3 aliphatic rings. The second-order valence-corrected chi connectivity index (χ2v) is 8.92. The van der Waals surface area contributed by atoms with E-state index in [0.717, 1.165) is 40.1 Å². The molecule has 0 radical (unpaired) electrons. The molecular weight excluding hydrogens is 462 g/mol. The number of hydrogen-bond donors (Lipinski definition) is 0. The number of esters is 1. The third-order valence-corrected chi connectivity index (χ3v) is 7.06. The molecule has 0 saturated heterocycles. The first-order valence-electron chi connectivity index (χ1n) is 12.1. The summed E-state index contributed by atoms with van der Waals surface area (Å²) >= 11 is 0. The Balaban J connectivity index is 1.99. The van der Waals surface area contributed by atoms with Crippen LogP contribution in [0.1, 0.15) is 32.8 Å². The maximum Gasteiger partial charge on any atom is 0.319 e. The van der Waals surface area contributed by atoms with Gasteiger partial charge in [-0.3, -0.25) is 4.79 Å². The maximum atomic E-state index is 13.6. The summed E-state index contributed by atoms with van der Waals surface area (Å²) in [4.78, 5) is 15.9. The third-order valence-electron chi connectivity index (χ3n) is 7.06. The minimum absolute atomic E-state index is 0.126. The largest absolute Gasteiger partial charge is 0.498 e. The molecule has 2 heterocycles. The molecule has 3 atom stereocenters. The molecule has 1 aromatic rings. The lowest BCUT2D eigenvalue weighted by molar-refractivity contribution is -0.145. The number of carbonyl (C=O) groups excluding carboxylic acids is 1. The van der Waals surface area contributed by atoms with Crippen molar-refractivity contribution < 1.29 is 33.2 Å². The van der Waals surface area contributed by atoms with Crippen LogP contribution >= 0.6 is 0 Å². The van der Waals surface area contributed by atoms with Crippen LogP contribution in [0.3, 0.4) is 0 Å². The van der Waals surface area contributed by atoms with Crippen molar-refractivity contribution in [2.24, 2.45) is 5.92 Å². The lowest BCUT2D eigenvalue weighted by Crippen LogP contribution is -2.37. The molecular formula is C28H35NO7. The summed E-state index contributed by atoms with van der Waals surface area (Å²) in [7, 11) is 8.03. The van der Waals surface area contributed by atoms with Gasteiger partial charge < -0.3 is 33.3 Å². The van der Waals surface area contributed by atoms with Crippen LogP contribution in [0.15, 0.2) is 52.6 Å². The van der Waals surface area contributed by atoms with Gasteiger partial charge in [0.25, 0.3) is 0 Å². The van der Waals surface area contributed by atoms with Gasteiger partial charge in [0.15, 0.2) is 11.5 Å². The molecule has 8 nitrogen and oxygen atoms in total. The minimum Gasteiger partial charge on any atom is -0.498 e. The van der Waals surface area contributed by atoms with Gasteiger partial charge in [0.1, 0.15) is 17.8 Å². The molecule has 0 spiro atoms. The highest BCUT2D eigenvalue weighted by Gasteiger charge is 2.47. The standard InChI is InChI=1S/C28H35NO7/c1-9-36-28(30)25-24(18-12-22(33-6)27(35-8)23(13-18)34-7)16(3)29-15(2)10-17-11-20(31-4)21(32-5)14-19(17)26(25)29/h11-15,20,25H,9-10H2,1-8H3. The molecule has 0 amide bonds. The van der Waals surface area contributed by atoms with Gasteiger partial charge in [0, 0.05) is 30.1 Å². The SMILES string of the molecule is CCOC(=O)C1C(c2cc(OC)c(OC)c(OC)c2)=C(C)N2C1=C1C=C(OC)C(OC)C=C1CC2C. The number of nitrogens with zero attached hydrogens (tertiary/aromatic N) is 1. The Morgan fingerprint density at radius 1 is 1.03 bits per heavy atom. The highest BCUT2D eigenvalue weighted by atomic mass is 16.5. The molecule has 0 saturated carbocycles. The van der Waals surface area contributed by atoms with Crippen LogP contribution in [0.4, 0.5) is 0 Å². The number of benzene rings is 1. The van der Waals surface area contributed by atoms with Gasteiger partial charge in [0.05, 0.1) is 35.0 Å². The summed E-state index contributed by atoms with van der Waals surface area (Å²) in [6, 6.07) is 3.90. The topological polar surface area (TPSA) is 75.7 Å². The van der Waals surface area contributed by atoms with E-state index >= 15 is 0 Å². The Hall–Kier alpha value is -3.39. The number of fused-ring (bicyclic) bond motifs is 2. The summed E-state index contributed by atoms with van der Waals surface area (Å²) in [5.74, 6) is 1.29. The monoisotopic (exact) mass is 497 g/mol. The van der Waals surface area contributed by atoms with Gasteiger partial charge in [-0.1, -0.05) is 0 Å². The molecule has 8 heteroatoms. The molecule has 36 heavy (non-hydrogen) atoms. The molecule has 0 aromatic heterocycles. The zero-order chi connectivity index (χ0) is 26.1. The Morgan fingerprint density at radius 3 is 2.22 bits per heavy atom. The van der Waals surface area contributed by atoms with Crippen molar-refractivity contribution in [1.82, 2.24) is 4.90 Å². The smallest absolute Gasteiger partial charge is 0.319 e. The number of ether oxygens (including phenoxy) is 6. The molecule has 0 fully saturated rings. The van der Waals surface area contributed by atoms with Crippen LogP contribution in [0.2, 0.25) is 0 Å². The number of hydrogen-bond acceptors (Lipinski definition) is 8. The average molecular weight is 498 g/mol. The third kappa shape index (κ3) is 4.03. The average Bonchev–Trinajstić information content (AvgIpc) is 3.20. The van der Waals surface area contributed by atoms with Crippen molar-refractivity contribution in [3.8, 4) is 17.2 Å². The van der Waals surface area contributed by atoms with E-state index in [1.807, 2.05) is 32.1 Å². The molecule has 194 valence electrons. The van der Waals surface area contributed by atoms with Crippen LogP contribution in [-0.4, -0.2) is 65.2 Å². The predicted octanol–water partition coefficient (Wildman–Crippen LogP) is 4.47. The highest BCUT2D eigenvalue weighted by Crippen LogP contribution is 2.53. The van der Waals surface area contributed by atoms with Gasteiger partial charge in [0.2, 0.25) is 5.75 Å². The van der Waals surface area contributed by atoms with Crippen molar-refractivity contribution in [1.29, 1.82) is 0 Å². The minimum atomic E-state index is -0.637. The van der Waals surface area contributed by atoms with Crippen LogP contribution in [0, 0.1) is 5.92 Å². The Labute approximate surface area is 212 Å². The second-order valence-electron chi connectivity index (χ2n) is 8.92. The fourth-order valence-corrected chi connectivity index (χ4v) is 5.57. The fraction of sp³-hybridized carbons (Fsp3) is 0.464. The van der Waals surface area contributed by atoms with Crippen molar-refractivity contribution in [3.63, 3.8) is 0 Å². The lowest BCUT2D eigenvalue weighted by atomic mass is 9.82. The predicted molar refractivity (Wildman–Crippen MR) is 136 cm³/mol. The summed E-state index contributed by atoms with van der Waals surface area (Å²) < 4.78 is 33.7. The van der Waals surface area contributed by atoms with Crippen molar-refractivity contribution in [2.45, 2.75) is 39.3 Å². The quantitative estimate of drug-likeness (QED) is 0.487. The van der Waals surface area contributed by atoms with Gasteiger partial charge in [-0.25, -0.2) is 0 Å². The van der Waals surface area contributed by atoms with E-state index in [9.17, 15) is 4.79 Å². The Morgan fingerprint density at radius 2 is 1.69 bits per heavy atom. The molecule has 1 aromatic carbocycles. The van der Waals surface area contributed by atoms with Crippen LogP contribution in [0.25, 0.3) is 5.57 Å². The normalized spacial score (nSPS) is 23.0. The summed E-state index contributed by atoms with van der Waals surface area (Å²) in [6.07, 6.45) is 4.63. The van der Waals surface area contributed by atoms with Crippen molar-refractivity contribution in [2.75, 3.05) is 42.2 Å². The van der Waals surface area contributed by atoms with Crippen LogP contribution < -0.4 is 14.2 Å². The van der Waals surface area contributed by atoms with Gasteiger partial charge in [-0.15, -0.1) is 0 Å². The van der Waals surface area contributed by atoms with E-state index in [1.54, 1.807) is 35.5 Å². The van der Waals surface area contributed by atoms with E-state index in [-0.39, 0.29) is 24.7 Å². The van der Waals surface area contributed by atoms with Crippen molar-refractivity contribution in [3.05, 3.63) is 58.1 Å². The second kappa shape index (κ2) is 10.3. The van der Waals surface area contributed by atoms with E-state index in [1.165, 1.54) is 0 Å². The zero-order valence-electron chi connectivity index (χ0n) is 22.3. The van der Waals surface area contributed by atoms with E-state index in [0.29, 0.717) is 23.0 Å². The number of methoxy groups -OCH3 is 5. The van der Waals surface area contributed by atoms with Gasteiger partial charge in [-0.05, 0) is 68.2 Å². The first-order valence-corrected chi connectivity index (χ1v) is 12.1. The highest BCUT2D eigenvalue weighted by molar-refractivity contribution is 5.96. The molecule has 3 unspecified atom stereocenters. The van der Waals surface area contributed by atoms with E-state index < -0.39 is 5.92 Å². The number of allylic oxidation sites excluding steroid dienone is 3. The van der Waals surface area contributed by atoms with Crippen LogP contribution in [0.5, 0.6) is 17.2 Å². The molecule has 0 bridgehead atoms. The van der Waals surface area contributed by atoms with E-state index in [4.69, 9.17) is 28.4 Å². The van der Waals surface area contributed by atoms with Gasteiger partial charge in [-0.2, -0.15) is 0 Å². The maximum absolute atomic E-state index is 13.6. The first-order chi connectivity index (χ1) is 17.3. The first kappa shape index (κ1) is 25.7. The Kier molecular flexibility index (Phi) is 7.36. The summed E-state index contributed by atoms with van der Waals surface area (Å²) in [5.41, 5.74) is 5.64. The van der Waals surface area contributed by atoms with Gasteiger partial charge >= 0.3 is 5.97 Å². The molecule has 4 rings (SSSR count). The zero-order valence-corrected chi connectivity index (χ0v) is 22.3. The Bertz CT molecular complexity index is 1150. The molecule has 1 aliphatic carbocycles. The van der Waals surface area contributed by atoms with Crippen molar-refractivity contribution >= 4 is 11.5 Å². The molecule has 2 aliphatic heterocycles. The molecule has 0 N–H and O–H groups in total. The van der Waals surface area contributed by atoms with Crippen LogP contribution in [-0.2, 0) is 19.0 Å². The number of carbonyl (C=O) groups is 1. The summed E-state index contributed by atoms with van der Waals surface area (Å²) in [6.45, 7) is 6.31. The number of rotatable bonds is 8. The fourth-order valence-electron chi connectivity index (χ4n) is 5.57. The van der Waals surface area contributed by atoms with E-state index in [2.05, 4.69) is 17.9 Å². The lowest BCUT2D eigenvalue weighted by Gasteiger charge is -2.39.